The molecular formula is C17H24O2. The molecule has 1 aromatic carbocycles. The van der Waals surface area contributed by atoms with E-state index in [0.29, 0.717) is 13.2 Å². The van der Waals surface area contributed by atoms with Gasteiger partial charge in [-0.2, -0.15) is 0 Å². The van der Waals surface area contributed by atoms with Crippen LogP contribution in [0.25, 0.3) is 0 Å². The predicted octanol–water partition coefficient (Wildman–Crippen LogP) is 4.22. The molecule has 0 saturated heterocycles. The predicted molar refractivity (Wildman–Crippen MR) is 79.8 cm³/mol. The van der Waals surface area contributed by atoms with Gasteiger partial charge in [-0.1, -0.05) is 13.0 Å². The van der Waals surface area contributed by atoms with Crippen LogP contribution < -0.4 is 9.47 Å². The molecule has 2 heteroatoms. The van der Waals surface area contributed by atoms with Crippen LogP contribution in [0.3, 0.4) is 0 Å². The molecule has 0 aliphatic carbocycles. The van der Waals surface area contributed by atoms with Gasteiger partial charge in [0.2, 0.25) is 0 Å². The molecule has 0 N–H and O–H groups in total. The third-order valence-corrected chi connectivity index (χ3v) is 2.65. The van der Waals surface area contributed by atoms with Crippen molar-refractivity contribution in [3.05, 3.63) is 23.8 Å². The second kappa shape index (κ2) is 9.33. The Balaban J connectivity index is 2.64. The highest BCUT2D eigenvalue weighted by atomic mass is 16.5. The average molecular weight is 260 g/mol. The Morgan fingerprint density at radius 2 is 1.58 bits per heavy atom. The highest BCUT2D eigenvalue weighted by molar-refractivity contribution is 5.43. The van der Waals surface area contributed by atoms with Crippen molar-refractivity contribution in [3.8, 4) is 23.3 Å². The summed E-state index contributed by atoms with van der Waals surface area (Å²) >= 11 is 0. The molecule has 0 fully saturated rings. The number of ether oxygens (including phenoxy) is 2. The molecule has 0 unspecified atom stereocenters. The SMILES string of the molecule is CCCC#CCCc1ccc(OCC)c(OCC)c1. The van der Waals surface area contributed by atoms with E-state index in [0.717, 1.165) is 37.2 Å². The van der Waals surface area contributed by atoms with Gasteiger partial charge in [0.25, 0.3) is 0 Å². The van der Waals surface area contributed by atoms with Gasteiger partial charge in [0, 0.05) is 12.8 Å². The number of unbranched alkanes of at least 4 members (excludes halogenated alkanes) is 1. The topological polar surface area (TPSA) is 18.5 Å². The second-order valence-corrected chi connectivity index (χ2v) is 4.25. The average Bonchev–Trinajstić information content (AvgIpc) is 2.42. The fourth-order valence-electron chi connectivity index (χ4n) is 1.76. The van der Waals surface area contributed by atoms with E-state index in [2.05, 4.69) is 30.9 Å². The third kappa shape index (κ3) is 5.70. The minimum absolute atomic E-state index is 0.653. The van der Waals surface area contributed by atoms with E-state index in [4.69, 9.17) is 9.47 Å². The molecule has 0 heterocycles. The molecule has 0 atom stereocenters. The summed E-state index contributed by atoms with van der Waals surface area (Å²) in [7, 11) is 0. The minimum Gasteiger partial charge on any atom is -0.490 e. The monoisotopic (exact) mass is 260 g/mol. The quantitative estimate of drug-likeness (QED) is 0.683. The Labute approximate surface area is 117 Å². The van der Waals surface area contributed by atoms with E-state index in [1.165, 1.54) is 5.56 Å². The molecule has 0 radical (unpaired) electrons. The van der Waals surface area contributed by atoms with Crippen LogP contribution in [0.4, 0.5) is 0 Å². The van der Waals surface area contributed by atoms with E-state index in [1.54, 1.807) is 0 Å². The second-order valence-electron chi connectivity index (χ2n) is 4.25. The maximum atomic E-state index is 5.61. The van der Waals surface area contributed by atoms with Crippen LogP contribution in [0.5, 0.6) is 11.5 Å². The number of hydrogen-bond acceptors (Lipinski definition) is 2. The summed E-state index contributed by atoms with van der Waals surface area (Å²) in [4.78, 5) is 0. The molecule has 0 amide bonds. The molecule has 1 rings (SSSR count). The molecule has 0 saturated carbocycles. The van der Waals surface area contributed by atoms with Crippen molar-refractivity contribution in [1.29, 1.82) is 0 Å². The molecular weight excluding hydrogens is 236 g/mol. The number of hydrogen-bond donors (Lipinski definition) is 0. The lowest BCUT2D eigenvalue weighted by Crippen LogP contribution is -1.99. The standard InChI is InChI=1S/C17H24O2/c1-4-7-8-9-10-11-15-12-13-16(18-5-2)17(14-15)19-6-3/h12-14H,4-7,10-11H2,1-3H3. The maximum Gasteiger partial charge on any atom is 0.161 e. The van der Waals surface area contributed by atoms with E-state index in [-0.39, 0.29) is 0 Å². The van der Waals surface area contributed by atoms with E-state index >= 15 is 0 Å². The zero-order valence-corrected chi connectivity index (χ0v) is 12.3. The summed E-state index contributed by atoms with van der Waals surface area (Å²) in [5, 5.41) is 0. The smallest absolute Gasteiger partial charge is 0.161 e. The first-order chi connectivity index (χ1) is 9.31. The van der Waals surface area contributed by atoms with Crippen molar-refractivity contribution in [2.75, 3.05) is 13.2 Å². The summed E-state index contributed by atoms with van der Waals surface area (Å²) in [6, 6.07) is 6.15. The van der Waals surface area contributed by atoms with Crippen molar-refractivity contribution in [2.24, 2.45) is 0 Å². The van der Waals surface area contributed by atoms with Crippen LogP contribution >= 0.6 is 0 Å². The van der Waals surface area contributed by atoms with Gasteiger partial charge in [0.05, 0.1) is 13.2 Å². The molecule has 0 spiro atoms. The number of benzene rings is 1. The minimum atomic E-state index is 0.653. The van der Waals surface area contributed by atoms with Crippen molar-refractivity contribution in [2.45, 2.75) is 46.5 Å². The van der Waals surface area contributed by atoms with Gasteiger partial charge in [-0.3, -0.25) is 0 Å². The number of aryl methyl sites for hydroxylation is 1. The van der Waals surface area contributed by atoms with Gasteiger partial charge < -0.3 is 9.47 Å². The summed E-state index contributed by atoms with van der Waals surface area (Å²) in [5.74, 6) is 8.04. The van der Waals surface area contributed by atoms with Crippen LogP contribution in [0.1, 0.15) is 45.6 Å². The largest absolute Gasteiger partial charge is 0.490 e. The molecule has 2 nitrogen and oxygen atoms in total. The van der Waals surface area contributed by atoms with Crippen LogP contribution in [-0.2, 0) is 6.42 Å². The summed E-state index contributed by atoms with van der Waals surface area (Å²) in [6.45, 7) is 7.42. The van der Waals surface area contributed by atoms with E-state index in [1.807, 2.05) is 19.9 Å². The van der Waals surface area contributed by atoms with Crippen molar-refractivity contribution < 1.29 is 9.47 Å². The zero-order chi connectivity index (χ0) is 13.9. The summed E-state index contributed by atoms with van der Waals surface area (Å²) in [6.07, 6.45) is 3.99. The van der Waals surface area contributed by atoms with Gasteiger partial charge in [-0.25, -0.2) is 0 Å². The first kappa shape index (κ1) is 15.4. The summed E-state index contributed by atoms with van der Waals surface area (Å²) in [5.41, 5.74) is 1.25. The first-order valence-electron chi connectivity index (χ1n) is 7.16. The molecule has 1 aromatic rings. The van der Waals surface area contributed by atoms with Crippen LogP contribution in [-0.4, -0.2) is 13.2 Å². The Morgan fingerprint density at radius 1 is 0.895 bits per heavy atom. The Morgan fingerprint density at radius 3 is 2.26 bits per heavy atom. The lowest BCUT2D eigenvalue weighted by atomic mass is 10.1. The normalized spacial score (nSPS) is 9.63. The Hall–Kier alpha value is -1.62. The maximum absolute atomic E-state index is 5.61. The fourth-order valence-corrected chi connectivity index (χ4v) is 1.76. The van der Waals surface area contributed by atoms with Crippen molar-refractivity contribution in [3.63, 3.8) is 0 Å². The van der Waals surface area contributed by atoms with E-state index in [9.17, 15) is 0 Å². The van der Waals surface area contributed by atoms with Gasteiger partial charge >= 0.3 is 0 Å². The molecule has 0 aromatic heterocycles. The van der Waals surface area contributed by atoms with Crippen molar-refractivity contribution >= 4 is 0 Å². The summed E-state index contributed by atoms with van der Waals surface area (Å²) < 4.78 is 11.2. The first-order valence-corrected chi connectivity index (χ1v) is 7.16. The molecule has 0 aliphatic heterocycles. The van der Waals surface area contributed by atoms with Gasteiger partial charge in [0.1, 0.15) is 0 Å². The Bertz CT molecular complexity index is 427. The molecule has 0 aliphatic rings. The third-order valence-electron chi connectivity index (χ3n) is 2.65. The van der Waals surface area contributed by atoms with Gasteiger partial charge in [-0.05, 0) is 44.4 Å². The van der Waals surface area contributed by atoms with Crippen LogP contribution in [0.15, 0.2) is 18.2 Å². The van der Waals surface area contributed by atoms with Gasteiger partial charge in [0.15, 0.2) is 11.5 Å². The molecule has 19 heavy (non-hydrogen) atoms. The van der Waals surface area contributed by atoms with E-state index < -0.39 is 0 Å². The molecule has 104 valence electrons. The molecule has 0 bridgehead atoms. The highest BCUT2D eigenvalue weighted by Gasteiger charge is 2.05. The lowest BCUT2D eigenvalue weighted by molar-refractivity contribution is 0.287. The van der Waals surface area contributed by atoms with Gasteiger partial charge in [-0.15, -0.1) is 11.8 Å². The number of rotatable bonds is 7. The highest BCUT2D eigenvalue weighted by Crippen LogP contribution is 2.28. The lowest BCUT2D eigenvalue weighted by Gasteiger charge is -2.11. The van der Waals surface area contributed by atoms with Crippen molar-refractivity contribution in [1.82, 2.24) is 0 Å². The van der Waals surface area contributed by atoms with Crippen LogP contribution in [0.2, 0.25) is 0 Å². The zero-order valence-electron chi connectivity index (χ0n) is 12.3. The fraction of sp³-hybridized carbons (Fsp3) is 0.529. The Kier molecular flexibility index (Phi) is 7.58. The van der Waals surface area contributed by atoms with Crippen LogP contribution in [0, 0.1) is 11.8 Å².